The molecule has 1 atom stereocenters. The molecule has 0 amide bonds. The number of pyridine rings is 1. The Labute approximate surface area is 196 Å². The molecule has 1 aliphatic heterocycles. The molecule has 1 aromatic heterocycles. The van der Waals surface area contributed by atoms with Gasteiger partial charge in [-0.3, -0.25) is 4.79 Å². The van der Waals surface area contributed by atoms with Crippen molar-refractivity contribution in [3.05, 3.63) is 17.8 Å². The molecule has 3 rings (SSSR count). The Balaban J connectivity index is 0.000000340. The third-order valence-electron chi connectivity index (χ3n) is 5.67. The minimum atomic E-state index is -0.00996. The SMILES string of the molecule is CC.CC(=O)c1ccc(N2CCCC2)c(OCC2CC2)n1.CCCC(CN=[NH2+])CC(C)C. The molecule has 1 aromatic rings. The van der Waals surface area contributed by atoms with E-state index in [1.54, 1.807) is 13.0 Å². The first-order valence-electron chi connectivity index (χ1n) is 12.7. The molecule has 6 heteroatoms. The summed E-state index contributed by atoms with van der Waals surface area (Å²) < 4.78 is 5.86. The molecule has 0 aromatic carbocycles. The molecule has 1 aliphatic carbocycles. The van der Waals surface area contributed by atoms with Crippen LogP contribution >= 0.6 is 0 Å². The fraction of sp³-hybridized carbons (Fsp3) is 0.769. The van der Waals surface area contributed by atoms with Crippen LogP contribution in [0.4, 0.5) is 5.69 Å². The van der Waals surface area contributed by atoms with E-state index in [-0.39, 0.29) is 5.78 Å². The van der Waals surface area contributed by atoms with Gasteiger partial charge in [0.2, 0.25) is 5.88 Å². The standard InChI is InChI=1S/C15H20N2O2.C9H20N2.C2H6/c1-11(18)13-6-7-14(17-8-2-3-9-17)15(16-13)19-10-12-4-5-12;1-4-5-9(7-11-10)6-8(2)3;1-2/h6-7,12H,2-5,8-10H2,1H3;8-10H,4-7H2,1-3H3;1-2H3/p+1. The zero-order valence-corrected chi connectivity index (χ0v) is 21.4. The Bertz CT molecular complexity index is 668. The number of carbonyl (C=O) groups excluding carboxylic acids is 1. The summed E-state index contributed by atoms with van der Waals surface area (Å²) in [6.07, 6.45) is 8.71. The van der Waals surface area contributed by atoms with Gasteiger partial charge in [-0.1, -0.05) is 41.0 Å². The van der Waals surface area contributed by atoms with Gasteiger partial charge in [0.15, 0.2) is 5.78 Å². The Kier molecular flexibility index (Phi) is 13.8. The minimum Gasteiger partial charge on any atom is -0.476 e. The highest BCUT2D eigenvalue weighted by Crippen LogP contribution is 2.33. The van der Waals surface area contributed by atoms with Gasteiger partial charge in [0.1, 0.15) is 12.2 Å². The fourth-order valence-corrected chi connectivity index (χ4v) is 3.92. The van der Waals surface area contributed by atoms with Crippen molar-refractivity contribution in [2.75, 3.05) is 31.1 Å². The molecule has 0 spiro atoms. The highest BCUT2D eigenvalue weighted by atomic mass is 16.5. The summed E-state index contributed by atoms with van der Waals surface area (Å²) in [5.74, 6) is 2.80. The summed E-state index contributed by atoms with van der Waals surface area (Å²) in [4.78, 5) is 18.2. The molecule has 182 valence electrons. The molecule has 2 fully saturated rings. The molecule has 6 nitrogen and oxygen atoms in total. The summed E-state index contributed by atoms with van der Waals surface area (Å²) >= 11 is 0. The fourth-order valence-electron chi connectivity index (χ4n) is 3.92. The Morgan fingerprint density at radius 3 is 2.41 bits per heavy atom. The van der Waals surface area contributed by atoms with Gasteiger partial charge in [-0.25, -0.2) is 4.98 Å². The number of rotatable bonds is 11. The number of aromatic nitrogens is 1. The smallest absolute Gasteiger partial charge is 0.238 e. The first-order valence-corrected chi connectivity index (χ1v) is 12.7. The first kappa shape index (κ1) is 28.1. The minimum absolute atomic E-state index is 0.00996. The van der Waals surface area contributed by atoms with E-state index >= 15 is 0 Å². The van der Waals surface area contributed by atoms with Crippen LogP contribution in [0.3, 0.4) is 0 Å². The van der Waals surface area contributed by atoms with Gasteiger partial charge in [-0.05, 0) is 73.5 Å². The van der Waals surface area contributed by atoms with E-state index < -0.39 is 0 Å². The van der Waals surface area contributed by atoms with E-state index in [4.69, 9.17) is 10.3 Å². The lowest BCUT2D eigenvalue weighted by atomic mass is 9.93. The second-order valence-corrected chi connectivity index (χ2v) is 9.17. The number of ketones is 1. The predicted octanol–water partition coefficient (Wildman–Crippen LogP) is 5.36. The topological polar surface area (TPSA) is 80.4 Å². The number of carbonyl (C=O) groups is 1. The average Bonchev–Trinajstić information content (AvgIpc) is 3.45. The van der Waals surface area contributed by atoms with Gasteiger partial charge in [0, 0.05) is 20.0 Å². The van der Waals surface area contributed by atoms with Crippen LogP contribution in [0, 0.1) is 17.8 Å². The molecule has 32 heavy (non-hydrogen) atoms. The molecule has 0 radical (unpaired) electrons. The van der Waals surface area contributed by atoms with Gasteiger partial charge in [-0.15, -0.1) is 0 Å². The monoisotopic (exact) mass is 447 g/mol. The third-order valence-corrected chi connectivity index (χ3v) is 5.67. The zero-order valence-electron chi connectivity index (χ0n) is 21.4. The number of ether oxygens (including phenoxy) is 1. The Morgan fingerprint density at radius 1 is 1.25 bits per heavy atom. The van der Waals surface area contributed by atoms with Gasteiger partial charge in [-0.2, -0.15) is 5.53 Å². The van der Waals surface area contributed by atoms with Crippen LogP contribution in [0.2, 0.25) is 0 Å². The molecule has 2 heterocycles. The van der Waals surface area contributed by atoms with E-state index in [9.17, 15) is 4.79 Å². The second kappa shape index (κ2) is 15.8. The Morgan fingerprint density at radius 2 is 1.91 bits per heavy atom. The lowest BCUT2D eigenvalue weighted by molar-refractivity contribution is -0.223. The van der Waals surface area contributed by atoms with E-state index in [2.05, 4.69) is 35.8 Å². The second-order valence-electron chi connectivity index (χ2n) is 9.17. The largest absolute Gasteiger partial charge is 0.476 e. The van der Waals surface area contributed by atoms with Gasteiger partial charge in [0.05, 0.1) is 12.3 Å². The van der Waals surface area contributed by atoms with E-state index in [1.165, 1.54) is 44.9 Å². The van der Waals surface area contributed by atoms with Crippen molar-refractivity contribution in [1.82, 2.24) is 4.98 Å². The van der Waals surface area contributed by atoms with Crippen LogP contribution in [0.1, 0.15) is 97.0 Å². The highest BCUT2D eigenvalue weighted by Gasteiger charge is 2.24. The Hall–Kier alpha value is -1.98. The van der Waals surface area contributed by atoms with Crippen LogP contribution in [-0.2, 0) is 0 Å². The molecule has 1 unspecified atom stereocenters. The lowest BCUT2D eigenvalue weighted by Crippen LogP contribution is -2.26. The molecule has 1 saturated carbocycles. The molecule has 0 bridgehead atoms. The molecule has 2 aliphatic rings. The van der Waals surface area contributed by atoms with Crippen molar-refractivity contribution in [2.45, 2.75) is 86.5 Å². The summed E-state index contributed by atoms with van der Waals surface area (Å²) in [5, 5.41) is 3.71. The summed E-state index contributed by atoms with van der Waals surface area (Å²) in [6, 6.07) is 3.79. The van der Waals surface area contributed by atoms with Gasteiger partial charge in [0.25, 0.3) is 0 Å². The van der Waals surface area contributed by atoms with Crippen molar-refractivity contribution in [2.24, 2.45) is 22.9 Å². The van der Waals surface area contributed by atoms with Crippen LogP contribution in [0.15, 0.2) is 17.2 Å². The number of anilines is 1. The van der Waals surface area contributed by atoms with Gasteiger partial charge < -0.3 is 9.64 Å². The number of hydrogen-bond donors (Lipinski definition) is 1. The van der Waals surface area contributed by atoms with Crippen molar-refractivity contribution in [3.8, 4) is 5.88 Å². The molecular formula is C26H47N4O2+. The number of hydrogen-bond acceptors (Lipinski definition) is 5. The van der Waals surface area contributed by atoms with Crippen molar-refractivity contribution in [3.63, 3.8) is 0 Å². The average molecular weight is 448 g/mol. The number of Topliss-reactive ketones (excluding diaryl/α,β-unsaturated/α-hetero) is 1. The van der Waals surface area contributed by atoms with Crippen LogP contribution in [-0.4, -0.2) is 37.0 Å². The maximum absolute atomic E-state index is 11.4. The zero-order chi connectivity index (χ0) is 23.9. The molecule has 2 N–H and O–H groups in total. The maximum atomic E-state index is 11.4. The molecular weight excluding hydrogens is 400 g/mol. The van der Waals surface area contributed by atoms with Crippen LogP contribution < -0.4 is 15.2 Å². The van der Waals surface area contributed by atoms with Crippen molar-refractivity contribution in [1.29, 1.82) is 0 Å². The van der Waals surface area contributed by atoms with Crippen LogP contribution in [0.5, 0.6) is 5.88 Å². The van der Waals surface area contributed by atoms with Crippen molar-refractivity contribution < 1.29 is 15.1 Å². The normalized spacial score (nSPS) is 15.9. The lowest BCUT2D eigenvalue weighted by Gasteiger charge is -2.20. The van der Waals surface area contributed by atoms with Crippen molar-refractivity contribution >= 4 is 11.5 Å². The third kappa shape index (κ3) is 10.6. The summed E-state index contributed by atoms with van der Waals surface area (Å²) in [5.41, 5.74) is 6.70. The van der Waals surface area contributed by atoms with E-state index in [0.29, 0.717) is 23.4 Å². The molecule has 1 saturated heterocycles. The van der Waals surface area contributed by atoms with E-state index in [0.717, 1.165) is 37.8 Å². The van der Waals surface area contributed by atoms with Gasteiger partial charge >= 0.3 is 0 Å². The predicted molar refractivity (Wildman–Crippen MR) is 132 cm³/mol. The number of nitrogens with zero attached hydrogens (tertiary/aromatic N) is 3. The summed E-state index contributed by atoms with van der Waals surface area (Å²) in [6.45, 7) is 15.9. The summed E-state index contributed by atoms with van der Waals surface area (Å²) in [7, 11) is 0. The first-order chi connectivity index (χ1) is 15.4. The maximum Gasteiger partial charge on any atom is 0.238 e. The van der Waals surface area contributed by atoms with E-state index in [1.807, 2.05) is 19.9 Å². The quantitative estimate of drug-likeness (QED) is 0.366. The van der Waals surface area contributed by atoms with Crippen LogP contribution in [0.25, 0.3) is 0 Å². The highest BCUT2D eigenvalue weighted by molar-refractivity contribution is 5.92. The number of nitrogens with two attached hydrogens (primary N) is 1.